The van der Waals surface area contributed by atoms with Crippen molar-refractivity contribution in [3.63, 3.8) is 0 Å². The first-order valence-corrected chi connectivity index (χ1v) is 10.3. The topological polar surface area (TPSA) is 71.9 Å². The standard InChI is InChI=1S/C22H26N6O/c1-27-7-4-3-5-16(27)6-8-28-14-15(11-25-28)20-10-18-19-9-17(29-2)12-24-22(19)26-21(18)13-23-20/h9-14,16H,3-8H2,1-2H3,(H,24,26). The monoisotopic (exact) mass is 390 g/mol. The van der Waals surface area contributed by atoms with Gasteiger partial charge >= 0.3 is 0 Å². The summed E-state index contributed by atoms with van der Waals surface area (Å²) in [6, 6.07) is 4.78. The zero-order valence-electron chi connectivity index (χ0n) is 16.9. The molecular formula is C22H26N6O. The van der Waals surface area contributed by atoms with Crippen LogP contribution in [0.15, 0.2) is 36.9 Å². The first-order chi connectivity index (χ1) is 14.2. The van der Waals surface area contributed by atoms with Crippen molar-refractivity contribution >= 4 is 21.9 Å². The molecule has 0 saturated carbocycles. The van der Waals surface area contributed by atoms with Crippen molar-refractivity contribution in [2.75, 3.05) is 20.7 Å². The van der Waals surface area contributed by atoms with Crippen LogP contribution in [0.1, 0.15) is 25.7 Å². The number of pyridine rings is 2. The molecule has 1 unspecified atom stereocenters. The number of H-pyrrole nitrogens is 1. The summed E-state index contributed by atoms with van der Waals surface area (Å²) in [5, 5.41) is 6.71. The summed E-state index contributed by atoms with van der Waals surface area (Å²) in [6.45, 7) is 2.15. The highest BCUT2D eigenvalue weighted by molar-refractivity contribution is 6.06. The Balaban J connectivity index is 1.40. The van der Waals surface area contributed by atoms with Crippen LogP contribution in [0.25, 0.3) is 33.2 Å². The molecule has 4 aromatic heterocycles. The van der Waals surface area contributed by atoms with Gasteiger partial charge in [-0.2, -0.15) is 5.10 Å². The molecule has 7 nitrogen and oxygen atoms in total. The molecule has 29 heavy (non-hydrogen) atoms. The van der Waals surface area contributed by atoms with Crippen LogP contribution in [0.3, 0.4) is 0 Å². The third-order valence-corrected chi connectivity index (χ3v) is 6.09. The lowest BCUT2D eigenvalue weighted by Crippen LogP contribution is -2.36. The number of rotatable bonds is 5. The van der Waals surface area contributed by atoms with Gasteiger partial charge in [0.15, 0.2) is 0 Å². The number of piperidine rings is 1. The maximum Gasteiger partial charge on any atom is 0.138 e. The normalized spacial score (nSPS) is 17.9. The van der Waals surface area contributed by atoms with Crippen molar-refractivity contribution in [3.8, 4) is 17.0 Å². The number of fused-ring (bicyclic) bond motifs is 3. The Morgan fingerprint density at radius 1 is 1.14 bits per heavy atom. The van der Waals surface area contributed by atoms with E-state index in [1.54, 1.807) is 13.3 Å². The van der Waals surface area contributed by atoms with Gasteiger partial charge in [-0.25, -0.2) is 4.98 Å². The minimum Gasteiger partial charge on any atom is -0.495 e. The Morgan fingerprint density at radius 2 is 2.07 bits per heavy atom. The predicted octanol–water partition coefficient (Wildman–Crippen LogP) is 3.86. The third kappa shape index (κ3) is 3.46. The van der Waals surface area contributed by atoms with E-state index in [2.05, 4.69) is 44.3 Å². The number of aromatic nitrogens is 5. The molecule has 0 aromatic carbocycles. The summed E-state index contributed by atoms with van der Waals surface area (Å²) in [6.07, 6.45) is 12.7. The molecule has 0 radical (unpaired) electrons. The van der Waals surface area contributed by atoms with Crippen LogP contribution < -0.4 is 4.74 Å². The zero-order valence-corrected chi connectivity index (χ0v) is 16.9. The van der Waals surface area contributed by atoms with Crippen LogP contribution in [0, 0.1) is 0 Å². The molecular weight excluding hydrogens is 364 g/mol. The molecule has 1 atom stereocenters. The smallest absolute Gasteiger partial charge is 0.138 e. The van der Waals surface area contributed by atoms with Gasteiger partial charge in [0.1, 0.15) is 11.4 Å². The molecule has 1 N–H and O–H groups in total. The lowest BCUT2D eigenvalue weighted by atomic mass is 10.0. The van der Waals surface area contributed by atoms with Crippen molar-refractivity contribution in [1.29, 1.82) is 0 Å². The number of hydrogen-bond acceptors (Lipinski definition) is 5. The van der Waals surface area contributed by atoms with Crippen LogP contribution in [0.4, 0.5) is 0 Å². The van der Waals surface area contributed by atoms with E-state index in [9.17, 15) is 0 Å². The van der Waals surface area contributed by atoms with Crippen LogP contribution >= 0.6 is 0 Å². The minimum atomic E-state index is 0.666. The summed E-state index contributed by atoms with van der Waals surface area (Å²) in [5.41, 5.74) is 3.76. The maximum absolute atomic E-state index is 5.33. The van der Waals surface area contributed by atoms with E-state index in [4.69, 9.17) is 4.74 Å². The Morgan fingerprint density at radius 3 is 2.93 bits per heavy atom. The lowest BCUT2D eigenvalue weighted by Gasteiger charge is -2.32. The average molecular weight is 390 g/mol. The van der Waals surface area contributed by atoms with Crippen molar-refractivity contribution in [1.82, 2.24) is 29.6 Å². The maximum atomic E-state index is 5.33. The Bertz CT molecular complexity index is 1150. The number of ether oxygens (including phenoxy) is 1. The highest BCUT2D eigenvalue weighted by Crippen LogP contribution is 2.29. The summed E-state index contributed by atoms with van der Waals surface area (Å²) in [4.78, 5) is 14.9. The Labute approximate surface area is 169 Å². The third-order valence-electron chi connectivity index (χ3n) is 6.09. The fourth-order valence-corrected chi connectivity index (χ4v) is 4.33. The fraction of sp³-hybridized carbons (Fsp3) is 0.409. The van der Waals surface area contributed by atoms with Crippen molar-refractivity contribution < 1.29 is 4.74 Å². The van der Waals surface area contributed by atoms with Crippen LogP contribution in [-0.2, 0) is 6.54 Å². The molecule has 7 heteroatoms. The van der Waals surface area contributed by atoms with E-state index in [1.165, 1.54) is 25.8 Å². The fourth-order valence-electron chi connectivity index (χ4n) is 4.33. The van der Waals surface area contributed by atoms with E-state index in [0.29, 0.717) is 6.04 Å². The second-order valence-electron chi connectivity index (χ2n) is 7.92. The molecule has 0 amide bonds. The van der Waals surface area contributed by atoms with Gasteiger partial charge in [-0.15, -0.1) is 0 Å². The van der Waals surface area contributed by atoms with Crippen molar-refractivity contribution in [2.45, 2.75) is 38.3 Å². The lowest BCUT2D eigenvalue weighted by molar-refractivity contribution is 0.169. The summed E-state index contributed by atoms with van der Waals surface area (Å²) < 4.78 is 7.38. The second kappa shape index (κ2) is 7.48. The molecule has 1 fully saturated rings. The first-order valence-electron chi connectivity index (χ1n) is 10.3. The van der Waals surface area contributed by atoms with E-state index in [-0.39, 0.29) is 0 Å². The highest BCUT2D eigenvalue weighted by Gasteiger charge is 2.18. The molecule has 1 aliphatic rings. The Hall–Kier alpha value is -2.93. The van der Waals surface area contributed by atoms with Crippen LogP contribution in [-0.4, -0.2) is 56.4 Å². The number of nitrogens with zero attached hydrogens (tertiary/aromatic N) is 5. The quantitative estimate of drug-likeness (QED) is 0.560. The number of likely N-dealkylation sites (tertiary alicyclic amines) is 1. The number of aryl methyl sites for hydroxylation is 1. The van der Waals surface area contributed by atoms with Gasteiger partial charge in [0.05, 0.1) is 36.9 Å². The second-order valence-corrected chi connectivity index (χ2v) is 7.92. The van der Waals surface area contributed by atoms with Crippen LogP contribution in [0.2, 0.25) is 0 Å². The molecule has 5 heterocycles. The average Bonchev–Trinajstić information content (AvgIpc) is 3.37. The predicted molar refractivity (Wildman–Crippen MR) is 114 cm³/mol. The van der Waals surface area contributed by atoms with Gasteiger partial charge in [0.2, 0.25) is 0 Å². The van der Waals surface area contributed by atoms with Gasteiger partial charge in [0, 0.05) is 35.1 Å². The molecule has 4 aromatic rings. The summed E-state index contributed by atoms with van der Waals surface area (Å²) in [7, 11) is 3.90. The molecule has 0 aliphatic carbocycles. The highest BCUT2D eigenvalue weighted by atomic mass is 16.5. The zero-order chi connectivity index (χ0) is 19.8. The van der Waals surface area contributed by atoms with Gasteiger partial charge in [-0.05, 0) is 45.0 Å². The number of aromatic amines is 1. The number of methoxy groups -OCH3 is 1. The summed E-state index contributed by atoms with van der Waals surface area (Å²) in [5.74, 6) is 0.747. The molecule has 0 bridgehead atoms. The Kier molecular flexibility index (Phi) is 4.67. The van der Waals surface area contributed by atoms with Gasteiger partial charge in [0.25, 0.3) is 0 Å². The SMILES string of the molecule is COc1cnc2[nH]c3cnc(-c4cnn(CCC5CCCCN5C)c4)cc3c2c1. The molecule has 5 rings (SSSR count). The van der Waals surface area contributed by atoms with E-state index < -0.39 is 0 Å². The van der Waals surface area contributed by atoms with Crippen molar-refractivity contribution in [3.05, 3.63) is 36.9 Å². The summed E-state index contributed by atoms with van der Waals surface area (Å²) >= 11 is 0. The largest absolute Gasteiger partial charge is 0.495 e. The number of nitrogens with one attached hydrogen (secondary N) is 1. The van der Waals surface area contributed by atoms with E-state index >= 15 is 0 Å². The van der Waals surface area contributed by atoms with E-state index in [1.807, 2.05) is 23.1 Å². The number of hydrogen-bond donors (Lipinski definition) is 1. The molecule has 1 saturated heterocycles. The van der Waals surface area contributed by atoms with Gasteiger partial charge in [-0.1, -0.05) is 6.42 Å². The van der Waals surface area contributed by atoms with E-state index in [0.717, 1.165) is 51.9 Å². The minimum absolute atomic E-state index is 0.666. The van der Waals surface area contributed by atoms with Gasteiger partial charge in [-0.3, -0.25) is 9.67 Å². The van der Waals surface area contributed by atoms with Crippen LogP contribution in [0.5, 0.6) is 5.75 Å². The molecule has 150 valence electrons. The van der Waals surface area contributed by atoms with Gasteiger partial charge < -0.3 is 14.6 Å². The van der Waals surface area contributed by atoms with Crippen molar-refractivity contribution in [2.24, 2.45) is 0 Å². The molecule has 0 spiro atoms. The molecule has 1 aliphatic heterocycles. The first kappa shape index (κ1) is 18.1.